The van der Waals surface area contributed by atoms with E-state index in [2.05, 4.69) is 31.4 Å². The summed E-state index contributed by atoms with van der Waals surface area (Å²) in [6.07, 6.45) is 7.46. The Balaban J connectivity index is 1.47. The highest BCUT2D eigenvalue weighted by Gasteiger charge is 2.29. The van der Waals surface area contributed by atoms with Gasteiger partial charge in [-0.05, 0) is 36.8 Å². The monoisotopic (exact) mass is 451 g/mol. The van der Waals surface area contributed by atoms with Crippen LogP contribution in [0.3, 0.4) is 0 Å². The predicted molar refractivity (Wildman–Crippen MR) is 126 cm³/mol. The number of hydrogen-bond acceptors (Lipinski definition) is 6. The molecule has 2 N–H and O–H groups in total. The molecule has 1 atom stereocenters. The van der Waals surface area contributed by atoms with Crippen LogP contribution in [0.5, 0.6) is 0 Å². The first-order valence-electron chi connectivity index (χ1n) is 9.92. The number of anilines is 2. The first kappa shape index (κ1) is 21.3. The van der Waals surface area contributed by atoms with Crippen LogP contribution in [0.25, 0.3) is 0 Å². The molecule has 6 nitrogen and oxygen atoms in total. The number of carbonyl (C=O) groups is 1. The number of carbonyl (C=O) groups excluding carboxylic acids is 1. The number of nitrogens with zero attached hydrogens (tertiary/aromatic N) is 3. The van der Waals surface area contributed by atoms with Gasteiger partial charge in [0.05, 0.1) is 16.7 Å². The van der Waals surface area contributed by atoms with Gasteiger partial charge in [-0.25, -0.2) is 9.97 Å². The highest BCUT2D eigenvalue weighted by molar-refractivity contribution is 7.14. The summed E-state index contributed by atoms with van der Waals surface area (Å²) in [5.41, 5.74) is 1.37. The molecule has 0 aliphatic carbocycles. The fourth-order valence-electron chi connectivity index (χ4n) is 3.42. The summed E-state index contributed by atoms with van der Waals surface area (Å²) < 4.78 is 0. The standard InChI is InChI=1S/C23H22ClN5OS/c1-3-23(2,17-5-7-18(24)8-6-17)19-15-31-22(27-19)28-21(30)16-4-9-20(26-14-16)29-12-10-25-11-13-29/h1,4-9,14-15,25H,10-13H2,2H3,(H,27,28,30). The van der Waals surface area contributed by atoms with E-state index in [4.69, 9.17) is 18.0 Å². The first-order chi connectivity index (χ1) is 15.0. The lowest BCUT2D eigenvalue weighted by molar-refractivity contribution is 0.102. The Bertz CT molecular complexity index is 1100. The molecule has 31 heavy (non-hydrogen) atoms. The van der Waals surface area contributed by atoms with E-state index in [9.17, 15) is 4.79 Å². The Kier molecular flexibility index (Phi) is 6.23. The number of pyridine rings is 1. The van der Waals surface area contributed by atoms with Crippen molar-refractivity contribution in [2.24, 2.45) is 0 Å². The summed E-state index contributed by atoms with van der Waals surface area (Å²) in [4.78, 5) is 23.9. The minimum Gasteiger partial charge on any atom is -0.354 e. The Hall–Kier alpha value is -2.92. The number of hydrogen-bond donors (Lipinski definition) is 2. The summed E-state index contributed by atoms with van der Waals surface area (Å²) >= 11 is 7.34. The van der Waals surface area contributed by atoms with Gasteiger partial charge in [0.1, 0.15) is 5.82 Å². The second-order valence-electron chi connectivity index (χ2n) is 7.41. The molecule has 158 valence electrons. The van der Waals surface area contributed by atoms with E-state index in [1.54, 1.807) is 24.4 Å². The summed E-state index contributed by atoms with van der Waals surface area (Å²) in [6, 6.07) is 11.1. The van der Waals surface area contributed by atoms with Crippen molar-refractivity contribution < 1.29 is 4.79 Å². The smallest absolute Gasteiger partial charge is 0.259 e. The molecule has 1 aliphatic rings. The van der Waals surface area contributed by atoms with E-state index in [0.717, 1.165) is 37.6 Å². The van der Waals surface area contributed by atoms with Crippen LogP contribution in [0.4, 0.5) is 10.9 Å². The maximum absolute atomic E-state index is 12.7. The van der Waals surface area contributed by atoms with Crippen LogP contribution >= 0.6 is 22.9 Å². The molecule has 0 saturated carbocycles. The molecule has 1 aromatic carbocycles. The van der Waals surface area contributed by atoms with Gasteiger partial charge in [0.25, 0.3) is 5.91 Å². The zero-order valence-electron chi connectivity index (χ0n) is 17.1. The molecule has 0 bridgehead atoms. The van der Waals surface area contributed by atoms with E-state index < -0.39 is 5.41 Å². The van der Waals surface area contributed by atoms with E-state index >= 15 is 0 Å². The Morgan fingerprint density at radius 1 is 1.26 bits per heavy atom. The molecule has 8 heteroatoms. The number of aromatic nitrogens is 2. The molecule has 0 radical (unpaired) electrons. The molecule has 2 aromatic heterocycles. The van der Waals surface area contributed by atoms with Gasteiger partial charge in [-0.1, -0.05) is 29.7 Å². The third-order valence-corrected chi connectivity index (χ3v) is 6.41. The molecular weight excluding hydrogens is 430 g/mol. The van der Waals surface area contributed by atoms with Crippen molar-refractivity contribution in [1.82, 2.24) is 15.3 Å². The molecule has 1 fully saturated rings. The van der Waals surface area contributed by atoms with Crippen molar-refractivity contribution in [2.75, 3.05) is 36.4 Å². The van der Waals surface area contributed by atoms with E-state index in [1.807, 2.05) is 30.5 Å². The van der Waals surface area contributed by atoms with Crippen molar-refractivity contribution in [3.63, 3.8) is 0 Å². The van der Waals surface area contributed by atoms with E-state index in [-0.39, 0.29) is 5.91 Å². The number of amides is 1. The SMILES string of the molecule is C#CC(C)(c1ccc(Cl)cc1)c1csc(NC(=O)c2ccc(N3CCNCC3)nc2)n1. The fraction of sp³-hybridized carbons (Fsp3) is 0.261. The number of piperazine rings is 1. The number of rotatable bonds is 5. The van der Waals surface area contributed by atoms with Crippen LogP contribution in [0.15, 0.2) is 48.0 Å². The highest BCUT2D eigenvalue weighted by Crippen LogP contribution is 2.34. The van der Waals surface area contributed by atoms with Crippen LogP contribution in [0.1, 0.15) is 28.5 Å². The quantitative estimate of drug-likeness (QED) is 0.577. The van der Waals surface area contributed by atoms with Gasteiger partial charge in [0.15, 0.2) is 5.13 Å². The van der Waals surface area contributed by atoms with Crippen molar-refractivity contribution in [3.8, 4) is 12.3 Å². The largest absolute Gasteiger partial charge is 0.354 e. The lowest BCUT2D eigenvalue weighted by Gasteiger charge is -2.28. The lowest BCUT2D eigenvalue weighted by Crippen LogP contribution is -2.43. The van der Waals surface area contributed by atoms with Gasteiger partial charge in [-0.15, -0.1) is 17.8 Å². The molecule has 0 spiro atoms. The summed E-state index contributed by atoms with van der Waals surface area (Å²) in [5.74, 6) is 3.46. The van der Waals surface area contributed by atoms with E-state index in [1.165, 1.54) is 11.3 Å². The predicted octanol–water partition coefficient (Wildman–Crippen LogP) is 3.79. The van der Waals surface area contributed by atoms with Gasteiger partial charge < -0.3 is 10.2 Å². The van der Waals surface area contributed by atoms with Crippen LogP contribution < -0.4 is 15.5 Å². The third-order valence-electron chi connectivity index (χ3n) is 5.40. The molecule has 3 aromatic rings. The molecule has 1 amide bonds. The van der Waals surface area contributed by atoms with Gasteiger partial charge in [-0.2, -0.15) is 0 Å². The average Bonchev–Trinajstić information content (AvgIpc) is 3.29. The van der Waals surface area contributed by atoms with Gasteiger partial charge >= 0.3 is 0 Å². The number of benzene rings is 1. The van der Waals surface area contributed by atoms with Gasteiger partial charge in [0.2, 0.25) is 0 Å². The second-order valence-corrected chi connectivity index (χ2v) is 8.70. The third kappa shape index (κ3) is 4.57. The summed E-state index contributed by atoms with van der Waals surface area (Å²) in [7, 11) is 0. The van der Waals surface area contributed by atoms with Gasteiger partial charge in [0, 0.05) is 42.8 Å². The van der Waals surface area contributed by atoms with Crippen LogP contribution in [0.2, 0.25) is 5.02 Å². The van der Waals surface area contributed by atoms with E-state index in [0.29, 0.717) is 21.4 Å². The topological polar surface area (TPSA) is 70.2 Å². The number of terminal acetylenes is 1. The molecule has 1 unspecified atom stereocenters. The Morgan fingerprint density at radius 3 is 2.65 bits per heavy atom. The van der Waals surface area contributed by atoms with Crippen molar-refractivity contribution >= 4 is 39.8 Å². The summed E-state index contributed by atoms with van der Waals surface area (Å²) in [5, 5.41) is 9.17. The average molecular weight is 452 g/mol. The Labute approximate surface area is 190 Å². The van der Waals surface area contributed by atoms with Crippen LogP contribution in [-0.4, -0.2) is 42.1 Å². The van der Waals surface area contributed by atoms with Crippen molar-refractivity contribution in [3.05, 3.63) is 69.8 Å². The second kappa shape index (κ2) is 9.06. The van der Waals surface area contributed by atoms with Crippen molar-refractivity contribution in [1.29, 1.82) is 0 Å². The zero-order chi connectivity index (χ0) is 21.8. The molecule has 4 rings (SSSR count). The maximum atomic E-state index is 12.7. The fourth-order valence-corrected chi connectivity index (χ4v) is 4.36. The maximum Gasteiger partial charge on any atom is 0.259 e. The number of halogens is 1. The minimum absolute atomic E-state index is 0.255. The first-order valence-corrected chi connectivity index (χ1v) is 11.2. The molecule has 1 saturated heterocycles. The molecular formula is C23H22ClN5OS. The number of thiazole rings is 1. The lowest BCUT2D eigenvalue weighted by atomic mass is 9.81. The molecule has 3 heterocycles. The van der Waals surface area contributed by atoms with Crippen molar-refractivity contribution in [2.45, 2.75) is 12.3 Å². The summed E-state index contributed by atoms with van der Waals surface area (Å²) in [6.45, 7) is 5.60. The molecule has 1 aliphatic heterocycles. The zero-order valence-corrected chi connectivity index (χ0v) is 18.6. The normalized spacial score (nSPS) is 15.7. The van der Waals surface area contributed by atoms with Gasteiger partial charge in [-0.3, -0.25) is 10.1 Å². The minimum atomic E-state index is -0.726. The highest BCUT2D eigenvalue weighted by atomic mass is 35.5. The Morgan fingerprint density at radius 2 is 2.00 bits per heavy atom. The van der Waals surface area contributed by atoms with Crippen LogP contribution in [0, 0.1) is 12.3 Å². The number of nitrogens with one attached hydrogen (secondary N) is 2. The van der Waals surface area contributed by atoms with Crippen LogP contribution in [-0.2, 0) is 5.41 Å².